The van der Waals surface area contributed by atoms with Gasteiger partial charge >= 0.3 is 0 Å². The molecule has 2 aromatic rings. The molecular weight excluding hydrogens is 392 g/mol. The first-order chi connectivity index (χ1) is 15.1. The number of benzene rings is 2. The van der Waals surface area contributed by atoms with Crippen molar-refractivity contribution in [2.24, 2.45) is 4.99 Å². The zero-order valence-corrected chi connectivity index (χ0v) is 18.6. The zero-order valence-electron chi connectivity index (χ0n) is 18.6. The van der Waals surface area contributed by atoms with Gasteiger partial charge < -0.3 is 25.0 Å². The van der Waals surface area contributed by atoms with E-state index in [1.807, 2.05) is 30.0 Å². The highest BCUT2D eigenvalue weighted by molar-refractivity contribution is 5.80. The van der Waals surface area contributed by atoms with Crippen molar-refractivity contribution in [2.45, 2.75) is 39.4 Å². The second-order valence-electron chi connectivity index (χ2n) is 7.46. The van der Waals surface area contributed by atoms with Crippen LogP contribution in [0.2, 0.25) is 0 Å². The standard InChI is InChI=1S/C24H32N4O3/c1-4-25-24(27-16-20-11-12-21(30-2)14-22(20)31-3)26-15-18-7-9-19(10-8-18)17-28-13-5-6-23(28)29/h7-12,14H,4-6,13,15-17H2,1-3H3,(H2,25,26,27). The van der Waals surface area contributed by atoms with Crippen LogP contribution in [-0.2, 0) is 24.4 Å². The molecular formula is C24H32N4O3. The van der Waals surface area contributed by atoms with Gasteiger partial charge in [-0.25, -0.2) is 4.99 Å². The molecule has 166 valence electrons. The minimum atomic E-state index is 0.253. The van der Waals surface area contributed by atoms with Crippen molar-refractivity contribution < 1.29 is 14.3 Å². The summed E-state index contributed by atoms with van der Waals surface area (Å²) in [5.74, 6) is 2.53. The molecule has 0 unspecified atom stereocenters. The first-order valence-corrected chi connectivity index (χ1v) is 10.7. The van der Waals surface area contributed by atoms with Crippen LogP contribution in [-0.4, -0.2) is 44.1 Å². The highest BCUT2D eigenvalue weighted by Gasteiger charge is 2.19. The fourth-order valence-corrected chi connectivity index (χ4v) is 3.53. The van der Waals surface area contributed by atoms with Crippen LogP contribution in [0.4, 0.5) is 0 Å². The summed E-state index contributed by atoms with van der Waals surface area (Å²) in [5, 5.41) is 6.63. The summed E-state index contributed by atoms with van der Waals surface area (Å²) in [6, 6.07) is 14.1. The van der Waals surface area contributed by atoms with Gasteiger partial charge in [0, 0.05) is 44.2 Å². The summed E-state index contributed by atoms with van der Waals surface area (Å²) >= 11 is 0. The van der Waals surface area contributed by atoms with E-state index < -0.39 is 0 Å². The highest BCUT2D eigenvalue weighted by Crippen LogP contribution is 2.24. The van der Waals surface area contributed by atoms with Gasteiger partial charge in [0.1, 0.15) is 11.5 Å². The lowest BCUT2D eigenvalue weighted by Gasteiger charge is -2.16. The number of aliphatic imine (C=N–C) groups is 1. The predicted octanol–water partition coefficient (Wildman–Crippen LogP) is 3.08. The number of likely N-dealkylation sites (tertiary alicyclic amines) is 1. The second kappa shape index (κ2) is 11.2. The Bertz CT molecular complexity index is 896. The van der Waals surface area contributed by atoms with Crippen molar-refractivity contribution in [3.63, 3.8) is 0 Å². The number of guanidine groups is 1. The maximum absolute atomic E-state index is 11.8. The molecule has 1 amide bonds. The molecule has 1 fully saturated rings. The van der Waals surface area contributed by atoms with Crippen LogP contribution in [0.25, 0.3) is 0 Å². The largest absolute Gasteiger partial charge is 0.497 e. The van der Waals surface area contributed by atoms with E-state index in [9.17, 15) is 4.79 Å². The fourth-order valence-electron chi connectivity index (χ4n) is 3.53. The van der Waals surface area contributed by atoms with E-state index in [4.69, 9.17) is 14.5 Å². The molecule has 0 saturated carbocycles. The minimum Gasteiger partial charge on any atom is -0.497 e. The van der Waals surface area contributed by atoms with Crippen LogP contribution in [0.15, 0.2) is 47.5 Å². The van der Waals surface area contributed by atoms with Crippen molar-refractivity contribution in [2.75, 3.05) is 27.3 Å². The highest BCUT2D eigenvalue weighted by atomic mass is 16.5. The molecule has 0 spiro atoms. The average molecular weight is 425 g/mol. The molecule has 2 aromatic carbocycles. The summed E-state index contributed by atoms with van der Waals surface area (Å²) in [7, 11) is 3.29. The van der Waals surface area contributed by atoms with Crippen LogP contribution in [0.3, 0.4) is 0 Å². The van der Waals surface area contributed by atoms with Crippen LogP contribution in [0, 0.1) is 0 Å². The number of rotatable bonds is 9. The predicted molar refractivity (Wildman–Crippen MR) is 122 cm³/mol. The van der Waals surface area contributed by atoms with E-state index in [0.717, 1.165) is 53.7 Å². The Morgan fingerprint density at radius 2 is 1.84 bits per heavy atom. The van der Waals surface area contributed by atoms with Crippen molar-refractivity contribution in [1.29, 1.82) is 0 Å². The number of ether oxygens (including phenoxy) is 2. The van der Waals surface area contributed by atoms with E-state index in [0.29, 0.717) is 26.1 Å². The summed E-state index contributed by atoms with van der Waals surface area (Å²) in [6.45, 7) is 5.52. The Balaban J connectivity index is 1.58. The number of hydrogen-bond acceptors (Lipinski definition) is 4. The monoisotopic (exact) mass is 424 g/mol. The number of nitrogens with zero attached hydrogens (tertiary/aromatic N) is 2. The molecule has 0 atom stereocenters. The number of hydrogen-bond donors (Lipinski definition) is 2. The molecule has 31 heavy (non-hydrogen) atoms. The molecule has 1 aliphatic rings. The third-order valence-corrected chi connectivity index (χ3v) is 5.27. The third-order valence-electron chi connectivity index (χ3n) is 5.27. The average Bonchev–Trinajstić information content (AvgIpc) is 3.20. The number of carbonyl (C=O) groups excluding carboxylic acids is 1. The Morgan fingerprint density at radius 1 is 1.06 bits per heavy atom. The quantitative estimate of drug-likeness (QED) is 0.478. The molecule has 2 N–H and O–H groups in total. The molecule has 3 rings (SSSR count). The van der Waals surface area contributed by atoms with Crippen molar-refractivity contribution in [3.05, 3.63) is 59.2 Å². The molecule has 1 saturated heterocycles. The molecule has 0 radical (unpaired) electrons. The molecule has 0 bridgehead atoms. The van der Waals surface area contributed by atoms with E-state index in [1.54, 1.807) is 14.2 Å². The van der Waals surface area contributed by atoms with Crippen LogP contribution >= 0.6 is 0 Å². The fraction of sp³-hybridized carbons (Fsp3) is 0.417. The van der Waals surface area contributed by atoms with Gasteiger partial charge in [0.25, 0.3) is 0 Å². The van der Waals surface area contributed by atoms with Crippen LogP contribution in [0.1, 0.15) is 36.5 Å². The molecule has 1 aliphatic heterocycles. The van der Waals surface area contributed by atoms with Gasteiger partial charge in [-0.2, -0.15) is 0 Å². The van der Waals surface area contributed by atoms with E-state index in [-0.39, 0.29) is 5.91 Å². The Kier molecular flexibility index (Phi) is 8.15. The second-order valence-corrected chi connectivity index (χ2v) is 7.46. The Hall–Kier alpha value is -3.22. The van der Waals surface area contributed by atoms with Gasteiger partial charge in [0.15, 0.2) is 5.96 Å². The topological polar surface area (TPSA) is 75.2 Å². The van der Waals surface area contributed by atoms with Crippen LogP contribution < -0.4 is 20.1 Å². The van der Waals surface area contributed by atoms with Crippen molar-refractivity contribution in [1.82, 2.24) is 15.5 Å². The minimum absolute atomic E-state index is 0.253. The lowest BCUT2D eigenvalue weighted by molar-refractivity contribution is -0.128. The summed E-state index contributed by atoms with van der Waals surface area (Å²) in [4.78, 5) is 18.4. The first-order valence-electron chi connectivity index (χ1n) is 10.7. The SMILES string of the molecule is CCNC(=NCc1ccc(CN2CCCC2=O)cc1)NCc1ccc(OC)cc1OC. The first kappa shape index (κ1) is 22.5. The number of amides is 1. The van der Waals surface area contributed by atoms with Gasteiger partial charge in [-0.3, -0.25) is 4.79 Å². The van der Waals surface area contributed by atoms with Gasteiger partial charge in [-0.1, -0.05) is 24.3 Å². The molecule has 0 aliphatic carbocycles. The number of carbonyl (C=O) groups is 1. The molecule has 7 heteroatoms. The Labute approximate surface area is 184 Å². The van der Waals surface area contributed by atoms with Gasteiger partial charge in [0.05, 0.1) is 20.8 Å². The van der Waals surface area contributed by atoms with E-state index in [1.165, 1.54) is 0 Å². The maximum Gasteiger partial charge on any atom is 0.222 e. The Morgan fingerprint density at radius 3 is 2.48 bits per heavy atom. The zero-order chi connectivity index (χ0) is 22.1. The summed E-state index contributed by atoms with van der Waals surface area (Å²) < 4.78 is 10.7. The van der Waals surface area contributed by atoms with Crippen molar-refractivity contribution in [3.8, 4) is 11.5 Å². The summed E-state index contributed by atoms with van der Waals surface area (Å²) in [5.41, 5.74) is 3.30. The van der Waals surface area contributed by atoms with Crippen molar-refractivity contribution >= 4 is 11.9 Å². The van der Waals surface area contributed by atoms with Gasteiger partial charge in [-0.15, -0.1) is 0 Å². The lowest BCUT2D eigenvalue weighted by Crippen LogP contribution is -2.36. The number of methoxy groups -OCH3 is 2. The van der Waals surface area contributed by atoms with Crippen LogP contribution in [0.5, 0.6) is 11.5 Å². The summed E-state index contributed by atoms with van der Waals surface area (Å²) in [6.07, 6.45) is 1.64. The van der Waals surface area contributed by atoms with Gasteiger partial charge in [0.2, 0.25) is 5.91 Å². The third kappa shape index (κ3) is 6.38. The van der Waals surface area contributed by atoms with Gasteiger partial charge in [-0.05, 0) is 36.6 Å². The van der Waals surface area contributed by atoms with E-state index >= 15 is 0 Å². The molecule has 7 nitrogen and oxygen atoms in total. The maximum atomic E-state index is 11.8. The smallest absolute Gasteiger partial charge is 0.222 e. The normalized spacial score (nSPS) is 14.0. The van der Waals surface area contributed by atoms with E-state index in [2.05, 4.69) is 34.9 Å². The molecule has 1 heterocycles. The lowest BCUT2D eigenvalue weighted by atomic mass is 10.1. The molecule has 0 aromatic heterocycles. The number of nitrogens with one attached hydrogen (secondary N) is 2.